The number of nitrogens with two attached hydrogens (primary N) is 1. The number of benzene rings is 3. The van der Waals surface area contributed by atoms with Gasteiger partial charge in [0.2, 0.25) is 10.0 Å². The molecule has 2 atom stereocenters. The number of anilines is 2. The van der Waals surface area contributed by atoms with Crippen molar-refractivity contribution in [1.29, 1.82) is 0 Å². The predicted octanol–water partition coefficient (Wildman–Crippen LogP) is 4.78. The molecule has 1 aromatic heterocycles. The number of amides is 1. The van der Waals surface area contributed by atoms with Crippen molar-refractivity contribution >= 4 is 27.3 Å². The number of aromatic nitrogens is 1. The van der Waals surface area contributed by atoms with Crippen LogP contribution < -0.4 is 16.4 Å². The van der Waals surface area contributed by atoms with Crippen LogP contribution in [0.2, 0.25) is 0 Å². The van der Waals surface area contributed by atoms with E-state index < -0.39 is 51.4 Å². The Labute approximate surface area is 265 Å². The Kier molecular flexibility index (Phi) is 10.0. The Balaban J connectivity index is 1.39. The Morgan fingerprint density at radius 1 is 1.00 bits per heavy atom. The number of halogens is 3. The molecule has 13 heteroatoms. The molecule has 1 amide bonds. The van der Waals surface area contributed by atoms with Crippen LogP contribution in [0.1, 0.15) is 29.0 Å². The minimum absolute atomic E-state index is 0.0623. The van der Waals surface area contributed by atoms with Crippen molar-refractivity contribution in [3.63, 3.8) is 0 Å². The van der Waals surface area contributed by atoms with E-state index in [9.17, 15) is 22.0 Å². The highest BCUT2D eigenvalue weighted by Gasteiger charge is 2.40. The zero-order valence-corrected chi connectivity index (χ0v) is 25.4. The van der Waals surface area contributed by atoms with Gasteiger partial charge in [0.25, 0.3) is 6.57 Å². The lowest BCUT2D eigenvalue weighted by Gasteiger charge is -2.35. The van der Waals surface area contributed by atoms with Gasteiger partial charge in [0.05, 0.1) is 28.9 Å². The Morgan fingerprint density at radius 2 is 1.61 bits per heavy atom. The molecular formula is C33H32F3N6O3S+. The first kappa shape index (κ1) is 32.6. The number of rotatable bonds is 10. The first-order valence-electron chi connectivity index (χ1n) is 14.5. The second kappa shape index (κ2) is 14.1. The zero-order valence-electron chi connectivity index (χ0n) is 24.6. The molecule has 5 rings (SSSR count). The first-order chi connectivity index (χ1) is 22.1. The lowest BCUT2D eigenvalue weighted by atomic mass is 9.84. The molecule has 2 heterocycles. The Bertz CT molecular complexity index is 1790. The molecule has 0 radical (unpaired) electrons. The van der Waals surface area contributed by atoms with Crippen molar-refractivity contribution < 1.29 is 26.4 Å². The quantitative estimate of drug-likeness (QED) is 0.213. The van der Waals surface area contributed by atoms with Crippen molar-refractivity contribution in [1.82, 2.24) is 14.6 Å². The van der Waals surface area contributed by atoms with E-state index in [1.807, 2.05) is 0 Å². The number of sulfonamides is 1. The minimum atomic E-state index is -3.87. The maximum absolute atomic E-state index is 15.2. The third-order valence-corrected chi connectivity index (χ3v) is 9.94. The van der Waals surface area contributed by atoms with Crippen LogP contribution in [0.15, 0.2) is 90.1 Å². The molecule has 0 saturated carbocycles. The molecule has 0 spiro atoms. The second-order valence-corrected chi connectivity index (χ2v) is 12.8. The third kappa shape index (κ3) is 7.20. The minimum Gasteiger partial charge on any atom is -0.399 e. The van der Waals surface area contributed by atoms with Gasteiger partial charge in [-0.3, -0.25) is 9.78 Å². The summed E-state index contributed by atoms with van der Waals surface area (Å²) in [5.74, 6) is -3.21. The van der Waals surface area contributed by atoms with Crippen molar-refractivity contribution in [2.24, 2.45) is 0 Å². The molecule has 46 heavy (non-hydrogen) atoms. The van der Waals surface area contributed by atoms with E-state index in [1.165, 1.54) is 83.3 Å². The highest BCUT2D eigenvalue weighted by molar-refractivity contribution is 7.89. The van der Waals surface area contributed by atoms with Gasteiger partial charge in [0.1, 0.15) is 17.5 Å². The molecule has 1 aliphatic heterocycles. The third-order valence-electron chi connectivity index (χ3n) is 7.98. The number of pyridine rings is 1. The summed E-state index contributed by atoms with van der Waals surface area (Å²) >= 11 is 0. The summed E-state index contributed by atoms with van der Waals surface area (Å²) in [6, 6.07) is 14.9. The molecule has 3 aromatic carbocycles. The molecule has 0 bridgehead atoms. The van der Waals surface area contributed by atoms with Crippen LogP contribution in [-0.4, -0.2) is 55.3 Å². The van der Waals surface area contributed by atoms with Crippen molar-refractivity contribution in [3.8, 4) is 6.57 Å². The molecule has 1 saturated heterocycles. The van der Waals surface area contributed by atoms with Gasteiger partial charge in [-0.1, -0.05) is 29.1 Å². The number of nitrogens with zero attached hydrogens (tertiary/aromatic N) is 3. The van der Waals surface area contributed by atoms with Crippen LogP contribution in [0.5, 0.6) is 0 Å². The normalized spacial score (nSPS) is 16.1. The average Bonchev–Trinajstić information content (AvgIpc) is 3.05. The highest BCUT2D eigenvalue weighted by atomic mass is 32.2. The summed E-state index contributed by atoms with van der Waals surface area (Å²) in [6.45, 7) is 6.75. The van der Waals surface area contributed by atoms with E-state index in [4.69, 9.17) is 12.3 Å². The summed E-state index contributed by atoms with van der Waals surface area (Å²) < 4.78 is 71.1. The van der Waals surface area contributed by atoms with E-state index in [1.54, 1.807) is 0 Å². The fourth-order valence-electron chi connectivity index (χ4n) is 5.62. The first-order valence-corrected chi connectivity index (χ1v) is 15.9. The number of carbonyl (C=O) groups is 1. The lowest BCUT2D eigenvalue weighted by molar-refractivity contribution is -0.116. The van der Waals surface area contributed by atoms with Crippen LogP contribution in [0.4, 0.5) is 24.5 Å². The smallest absolute Gasteiger partial charge is 0.359 e. The fourth-order valence-corrected chi connectivity index (χ4v) is 7.28. The highest BCUT2D eigenvalue weighted by Crippen LogP contribution is 2.32. The fraction of sp³-hybridized carbons (Fsp3) is 0.242. The molecule has 4 N–H and O–H groups in total. The summed E-state index contributed by atoms with van der Waals surface area (Å²) in [5.41, 5.74) is 7.34. The van der Waals surface area contributed by atoms with Crippen LogP contribution in [0, 0.1) is 24.0 Å². The lowest BCUT2D eigenvalue weighted by Crippen LogP contribution is -2.53. The summed E-state index contributed by atoms with van der Waals surface area (Å²) in [7, 11) is -3.87. The maximum Gasteiger partial charge on any atom is 0.359 e. The number of nitrogen functional groups attached to an aromatic ring is 1. The van der Waals surface area contributed by atoms with E-state index in [0.717, 1.165) is 6.20 Å². The number of piperazine rings is 1. The van der Waals surface area contributed by atoms with E-state index in [2.05, 4.69) is 20.5 Å². The molecular weight excluding hydrogens is 617 g/mol. The van der Waals surface area contributed by atoms with Gasteiger partial charge in [-0.15, -0.1) is 0 Å². The van der Waals surface area contributed by atoms with Gasteiger partial charge < -0.3 is 16.4 Å². The molecule has 238 valence electrons. The van der Waals surface area contributed by atoms with Crippen LogP contribution in [0.25, 0.3) is 4.85 Å². The molecule has 2 unspecified atom stereocenters. The van der Waals surface area contributed by atoms with Gasteiger partial charge in [0.15, 0.2) is 0 Å². The monoisotopic (exact) mass is 649 g/mol. The number of hydrogen-bond donors (Lipinski definition) is 3. The van der Waals surface area contributed by atoms with E-state index >= 15 is 4.39 Å². The molecule has 9 nitrogen and oxygen atoms in total. The molecule has 1 fully saturated rings. The summed E-state index contributed by atoms with van der Waals surface area (Å²) in [5, 5.41) is 5.88. The van der Waals surface area contributed by atoms with Crippen LogP contribution in [0.3, 0.4) is 0 Å². The largest absolute Gasteiger partial charge is 0.399 e. The molecule has 0 aliphatic carbocycles. The second-order valence-electron chi connectivity index (χ2n) is 10.9. The summed E-state index contributed by atoms with van der Waals surface area (Å²) in [4.78, 5) is 21.5. The van der Waals surface area contributed by atoms with E-state index in [0.29, 0.717) is 29.9 Å². The van der Waals surface area contributed by atoms with Gasteiger partial charge >= 0.3 is 11.9 Å². The number of nitrogens with one attached hydrogen (secondary N) is 2. The zero-order chi connectivity index (χ0) is 32.8. The maximum atomic E-state index is 15.2. The van der Waals surface area contributed by atoms with Crippen molar-refractivity contribution in [3.05, 3.63) is 124 Å². The number of carbonyl (C=O) groups excluding carboxylic acids is 1. The molecule has 4 aromatic rings. The van der Waals surface area contributed by atoms with Gasteiger partial charge in [-0.2, -0.15) is 4.31 Å². The van der Waals surface area contributed by atoms with Gasteiger partial charge in [0, 0.05) is 36.9 Å². The molecule has 1 aliphatic rings. The van der Waals surface area contributed by atoms with Crippen molar-refractivity contribution in [2.75, 3.05) is 30.7 Å². The Hall–Kier alpha value is -4.77. The SMILES string of the molecule is C#[N+]C(C(=O)Nc1cncc(F)c1CCC1CNCCN1S(=O)(=O)c1ccc(N)cc1)C(c1ccc(F)cc1)c1ccc(F)cc1. The van der Waals surface area contributed by atoms with Crippen LogP contribution in [-0.2, 0) is 21.2 Å². The standard InChI is InChI=1S/C33H31F3N6O3S/c1-38-32(31(21-2-6-23(34)7-3-21)22-4-8-24(35)9-5-22)33(43)41-30-20-40-19-29(36)28(30)15-12-26-18-39-16-17-42(26)46(44,45)27-13-10-25(37)11-14-27/h1-11,13-14,19-20,26,31-32,39H,12,15-18,37H2/p+1. The van der Waals surface area contributed by atoms with E-state index in [-0.39, 0.29) is 35.5 Å². The van der Waals surface area contributed by atoms with Crippen LogP contribution >= 0.6 is 0 Å². The topological polar surface area (TPSA) is 122 Å². The van der Waals surface area contributed by atoms with Crippen molar-refractivity contribution in [2.45, 2.75) is 35.7 Å². The van der Waals surface area contributed by atoms with Gasteiger partial charge in [-0.25, -0.2) is 21.6 Å². The van der Waals surface area contributed by atoms with Gasteiger partial charge in [-0.05, 0) is 72.5 Å². The predicted molar refractivity (Wildman–Crippen MR) is 169 cm³/mol. The summed E-state index contributed by atoms with van der Waals surface area (Å²) in [6.07, 6.45) is 2.59. The number of hydrogen-bond acceptors (Lipinski definition) is 6. The Morgan fingerprint density at radius 3 is 2.20 bits per heavy atom. The average molecular weight is 650 g/mol.